The molecule has 0 aromatic heterocycles. The van der Waals surface area contributed by atoms with Crippen LogP contribution in [0.15, 0.2) is 0 Å². The largest absolute Gasteiger partial charge is 0.462 e. The third kappa shape index (κ3) is 4.26. The topological polar surface area (TPSA) is 50.8 Å². The van der Waals surface area contributed by atoms with Gasteiger partial charge in [-0.25, -0.2) is 0 Å². The van der Waals surface area contributed by atoms with Crippen molar-refractivity contribution in [3.05, 3.63) is 0 Å². The molecule has 1 N–H and O–H groups in total. The van der Waals surface area contributed by atoms with E-state index < -0.39 is 0 Å². The Morgan fingerprint density at radius 1 is 1.47 bits per heavy atom. The van der Waals surface area contributed by atoms with Crippen molar-refractivity contribution in [1.29, 1.82) is 0 Å². The number of ether oxygens (including phenoxy) is 2. The minimum atomic E-state index is -0.0949. The summed E-state index contributed by atoms with van der Waals surface area (Å²) in [6.07, 6.45) is 2.45. The molecule has 5 heteroatoms. The Kier molecular flexibility index (Phi) is 4.76. The summed E-state index contributed by atoms with van der Waals surface area (Å²) in [6.45, 7) is 4.21. The highest BCUT2D eigenvalue weighted by Crippen LogP contribution is 2.13. The van der Waals surface area contributed by atoms with Gasteiger partial charge < -0.3 is 19.7 Å². The van der Waals surface area contributed by atoms with Gasteiger partial charge in [-0.05, 0) is 19.9 Å². The van der Waals surface area contributed by atoms with Crippen molar-refractivity contribution in [3.8, 4) is 0 Å². The summed E-state index contributed by atoms with van der Waals surface area (Å²) >= 11 is 0. The first-order valence-corrected chi connectivity index (χ1v) is 6.43. The van der Waals surface area contributed by atoms with Crippen molar-refractivity contribution in [3.63, 3.8) is 0 Å². The van der Waals surface area contributed by atoms with Gasteiger partial charge >= 0.3 is 5.97 Å². The maximum absolute atomic E-state index is 11.7. The summed E-state index contributed by atoms with van der Waals surface area (Å²) in [5.41, 5.74) is 0. The van der Waals surface area contributed by atoms with Crippen LogP contribution in [0.2, 0.25) is 0 Å². The van der Waals surface area contributed by atoms with Crippen LogP contribution in [-0.2, 0) is 14.3 Å². The molecule has 0 aromatic carbocycles. The number of piperidine rings is 1. The Labute approximate surface area is 102 Å². The highest BCUT2D eigenvalue weighted by Gasteiger charge is 2.23. The van der Waals surface area contributed by atoms with E-state index in [1.807, 2.05) is 0 Å². The van der Waals surface area contributed by atoms with Crippen molar-refractivity contribution >= 4 is 5.97 Å². The van der Waals surface area contributed by atoms with Crippen molar-refractivity contribution in [2.24, 2.45) is 0 Å². The molecule has 0 amide bonds. The standard InChI is InChI=1S/C12H22N2O3/c1-14-5-2-11(3-6-14)17-12(15)8-10-9-16-7-4-13-10/h10-11,13H,2-9H2,1H3. The van der Waals surface area contributed by atoms with Crippen molar-refractivity contribution < 1.29 is 14.3 Å². The summed E-state index contributed by atoms with van der Waals surface area (Å²) in [7, 11) is 2.10. The van der Waals surface area contributed by atoms with Crippen molar-refractivity contribution in [2.75, 3.05) is 39.9 Å². The fourth-order valence-corrected chi connectivity index (χ4v) is 2.29. The van der Waals surface area contributed by atoms with Gasteiger partial charge in [0.15, 0.2) is 0 Å². The van der Waals surface area contributed by atoms with E-state index in [1.165, 1.54) is 0 Å². The molecule has 1 atom stereocenters. The highest BCUT2D eigenvalue weighted by atomic mass is 16.5. The Morgan fingerprint density at radius 3 is 2.88 bits per heavy atom. The molecule has 1 unspecified atom stereocenters. The summed E-state index contributed by atoms with van der Waals surface area (Å²) in [4.78, 5) is 14.0. The summed E-state index contributed by atoms with van der Waals surface area (Å²) < 4.78 is 10.8. The molecule has 0 aromatic rings. The second-order valence-corrected chi connectivity index (χ2v) is 4.92. The highest BCUT2D eigenvalue weighted by molar-refractivity contribution is 5.70. The van der Waals surface area contributed by atoms with E-state index in [-0.39, 0.29) is 18.1 Å². The zero-order valence-corrected chi connectivity index (χ0v) is 10.5. The van der Waals surface area contributed by atoms with Crippen molar-refractivity contribution in [1.82, 2.24) is 10.2 Å². The van der Waals surface area contributed by atoms with Crippen LogP contribution in [0.25, 0.3) is 0 Å². The smallest absolute Gasteiger partial charge is 0.307 e. The van der Waals surface area contributed by atoms with Gasteiger partial charge in [0, 0.05) is 25.7 Å². The quantitative estimate of drug-likeness (QED) is 0.706. The van der Waals surface area contributed by atoms with Crippen LogP contribution in [-0.4, -0.2) is 62.9 Å². The molecule has 98 valence electrons. The molecule has 0 radical (unpaired) electrons. The third-order valence-corrected chi connectivity index (χ3v) is 3.38. The lowest BCUT2D eigenvalue weighted by molar-refractivity contribution is -0.152. The molecule has 2 aliphatic heterocycles. The zero-order valence-electron chi connectivity index (χ0n) is 10.5. The van der Waals surface area contributed by atoms with E-state index in [2.05, 4.69) is 17.3 Å². The number of carbonyl (C=O) groups excluding carboxylic acids is 1. The first kappa shape index (κ1) is 12.8. The average molecular weight is 242 g/mol. The van der Waals surface area contributed by atoms with Crippen LogP contribution < -0.4 is 5.32 Å². The van der Waals surface area contributed by atoms with Gasteiger partial charge in [0.05, 0.1) is 19.6 Å². The van der Waals surface area contributed by atoms with Crippen LogP contribution in [0.5, 0.6) is 0 Å². The Balaban J connectivity index is 1.66. The SMILES string of the molecule is CN1CCC(OC(=O)CC2COCCN2)CC1. The van der Waals surface area contributed by atoms with Gasteiger partial charge in [-0.15, -0.1) is 0 Å². The molecule has 17 heavy (non-hydrogen) atoms. The van der Waals surface area contributed by atoms with Crippen LogP contribution in [0.1, 0.15) is 19.3 Å². The van der Waals surface area contributed by atoms with Gasteiger partial charge in [0.1, 0.15) is 6.10 Å². The number of nitrogens with one attached hydrogen (secondary N) is 1. The van der Waals surface area contributed by atoms with Crippen LogP contribution >= 0.6 is 0 Å². The zero-order chi connectivity index (χ0) is 12.1. The second-order valence-electron chi connectivity index (χ2n) is 4.92. The summed E-state index contributed by atoms with van der Waals surface area (Å²) in [5, 5.41) is 3.26. The monoisotopic (exact) mass is 242 g/mol. The first-order chi connectivity index (χ1) is 8.24. The fraction of sp³-hybridized carbons (Fsp3) is 0.917. The van der Waals surface area contributed by atoms with Gasteiger partial charge in [-0.1, -0.05) is 0 Å². The summed E-state index contributed by atoms with van der Waals surface area (Å²) in [6, 6.07) is 0.127. The van der Waals surface area contributed by atoms with E-state index in [4.69, 9.17) is 9.47 Å². The van der Waals surface area contributed by atoms with Crippen molar-refractivity contribution in [2.45, 2.75) is 31.4 Å². The van der Waals surface area contributed by atoms with Crippen LogP contribution in [0, 0.1) is 0 Å². The Morgan fingerprint density at radius 2 is 2.24 bits per heavy atom. The molecule has 2 aliphatic rings. The molecule has 5 nitrogen and oxygen atoms in total. The number of hydrogen-bond acceptors (Lipinski definition) is 5. The van der Waals surface area contributed by atoms with Gasteiger partial charge in [0.2, 0.25) is 0 Å². The predicted molar refractivity (Wildman–Crippen MR) is 63.8 cm³/mol. The number of carbonyl (C=O) groups is 1. The second kappa shape index (κ2) is 6.33. The maximum Gasteiger partial charge on any atom is 0.307 e. The molecular formula is C12H22N2O3. The van der Waals surface area contributed by atoms with Gasteiger partial charge in [0.25, 0.3) is 0 Å². The lowest BCUT2D eigenvalue weighted by atomic mass is 10.1. The molecule has 0 saturated carbocycles. The van der Waals surface area contributed by atoms with E-state index >= 15 is 0 Å². The van der Waals surface area contributed by atoms with Crippen LogP contribution in [0.3, 0.4) is 0 Å². The molecule has 0 bridgehead atoms. The predicted octanol–water partition coefficient (Wildman–Crippen LogP) is 0.00230. The van der Waals surface area contributed by atoms with E-state index in [9.17, 15) is 4.79 Å². The lowest BCUT2D eigenvalue weighted by Crippen LogP contribution is -2.43. The van der Waals surface area contributed by atoms with E-state index in [0.29, 0.717) is 13.0 Å². The number of hydrogen-bond donors (Lipinski definition) is 1. The molecular weight excluding hydrogens is 220 g/mol. The lowest BCUT2D eigenvalue weighted by Gasteiger charge is -2.29. The normalized spacial score (nSPS) is 27.9. The number of morpholine rings is 1. The van der Waals surface area contributed by atoms with Gasteiger partial charge in [-0.3, -0.25) is 4.79 Å². The molecule has 2 saturated heterocycles. The van der Waals surface area contributed by atoms with E-state index in [0.717, 1.165) is 39.1 Å². The molecule has 2 heterocycles. The number of likely N-dealkylation sites (tertiary alicyclic amines) is 1. The molecule has 0 spiro atoms. The number of rotatable bonds is 3. The molecule has 2 fully saturated rings. The van der Waals surface area contributed by atoms with Gasteiger partial charge in [-0.2, -0.15) is 0 Å². The molecule has 0 aliphatic carbocycles. The minimum Gasteiger partial charge on any atom is -0.462 e. The Hall–Kier alpha value is -0.650. The van der Waals surface area contributed by atoms with Crippen LogP contribution in [0.4, 0.5) is 0 Å². The summed E-state index contributed by atoms with van der Waals surface area (Å²) in [5.74, 6) is -0.0949. The maximum atomic E-state index is 11.7. The fourth-order valence-electron chi connectivity index (χ4n) is 2.29. The Bertz CT molecular complexity index is 246. The minimum absolute atomic E-state index is 0.0949. The first-order valence-electron chi connectivity index (χ1n) is 6.43. The number of esters is 1. The average Bonchev–Trinajstić information content (AvgIpc) is 2.33. The number of nitrogens with zero attached hydrogens (tertiary/aromatic N) is 1. The molecule has 2 rings (SSSR count). The third-order valence-electron chi connectivity index (χ3n) is 3.38. The van der Waals surface area contributed by atoms with E-state index in [1.54, 1.807) is 0 Å².